The van der Waals surface area contributed by atoms with E-state index in [1.807, 2.05) is 31.2 Å². The quantitative estimate of drug-likeness (QED) is 0.853. The number of hydrogen-bond acceptors (Lipinski definition) is 2. The van der Waals surface area contributed by atoms with Gasteiger partial charge in [0.25, 0.3) is 0 Å². The highest BCUT2D eigenvalue weighted by atomic mass is 19.1. The summed E-state index contributed by atoms with van der Waals surface area (Å²) >= 11 is 0. The van der Waals surface area contributed by atoms with Gasteiger partial charge in [-0.15, -0.1) is 0 Å². The first kappa shape index (κ1) is 18.1. The predicted molar refractivity (Wildman–Crippen MR) is 96.6 cm³/mol. The summed E-state index contributed by atoms with van der Waals surface area (Å²) in [7, 11) is 0. The summed E-state index contributed by atoms with van der Waals surface area (Å²) in [6.07, 6.45) is 0. The van der Waals surface area contributed by atoms with Gasteiger partial charge < -0.3 is 10.6 Å². The molecular weight excluding hydrogens is 303 g/mol. The summed E-state index contributed by atoms with van der Waals surface area (Å²) in [5.41, 5.74) is 3.04. The molecule has 0 saturated heterocycles. The average Bonchev–Trinajstić information content (AvgIpc) is 2.53. The number of anilines is 1. The van der Waals surface area contributed by atoms with Gasteiger partial charge >= 0.3 is 0 Å². The summed E-state index contributed by atoms with van der Waals surface area (Å²) < 4.78 is 12.9. The van der Waals surface area contributed by atoms with Gasteiger partial charge in [-0.2, -0.15) is 0 Å². The van der Waals surface area contributed by atoms with Crippen LogP contribution in [-0.2, 0) is 10.2 Å². The van der Waals surface area contributed by atoms with Gasteiger partial charge in [-0.25, -0.2) is 4.39 Å². The van der Waals surface area contributed by atoms with E-state index in [0.717, 1.165) is 11.3 Å². The molecule has 4 heteroatoms. The Morgan fingerprint density at radius 3 is 2.17 bits per heavy atom. The Labute approximate surface area is 143 Å². The lowest BCUT2D eigenvalue weighted by Crippen LogP contribution is -2.30. The lowest BCUT2D eigenvalue weighted by molar-refractivity contribution is -0.115. The third-order valence-electron chi connectivity index (χ3n) is 3.97. The van der Waals surface area contributed by atoms with Crippen molar-refractivity contribution >= 4 is 11.6 Å². The fraction of sp³-hybridized carbons (Fsp3) is 0.350. The van der Waals surface area contributed by atoms with Crippen LogP contribution in [0.2, 0.25) is 0 Å². The maximum atomic E-state index is 12.9. The Morgan fingerprint density at radius 2 is 1.62 bits per heavy atom. The van der Waals surface area contributed by atoms with Crippen molar-refractivity contribution in [2.24, 2.45) is 0 Å². The number of carbonyl (C=O) groups is 1. The van der Waals surface area contributed by atoms with Crippen LogP contribution in [0.1, 0.15) is 44.9 Å². The number of rotatable bonds is 5. The molecule has 0 radical (unpaired) electrons. The molecule has 0 aromatic heterocycles. The van der Waals surface area contributed by atoms with Gasteiger partial charge in [0.05, 0.1) is 6.54 Å². The second kappa shape index (κ2) is 7.58. The summed E-state index contributed by atoms with van der Waals surface area (Å²) in [6, 6.07) is 14.2. The maximum absolute atomic E-state index is 12.9. The van der Waals surface area contributed by atoms with Crippen molar-refractivity contribution in [3.63, 3.8) is 0 Å². The van der Waals surface area contributed by atoms with E-state index in [2.05, 4.69) is 31.4 Å². The van der Waals surface area contributed by atoms with E-state index < -0.39 is 0 Å². The minimum Gasteiger partial charge on any atom is -0.325 e. The van der Waals surface area contributed by atoms with Crippen molar-refractivity contribution in [1.82, 2.24) is 5.32 Å². The van der Waals surface area contributed by atoms with Gasteiger partial charge in [-0.1, -0.05) is 45.0 Å². The molecule has 0 fully saturated rings. The lowest BCUT2D eigenvalue weighted by atomic mass is 9.87. The van der Waals surface area contributed by atoms with Gasteiger partial charge in [0, 0.05) is 11.7 Å². The van der Waals surface area contributed by atoms with E-state index in [4.69, 9.17) is 0 Å². The molecular formula is C20H25FN2O. The second-order valence-electron chi connectivity index (χ2n) is 7.03. The molecule has 0 saturated carbocycles. The molecule has 0 heterocycles. The van der Waals surface area contributed by atoms with Crippen molar-refractivity contribution in [2.75, 3.05) is 11.9 Å². The molecule has 0 spiro atoms. The zero-order chi connectivity index (χ0) is 17.7. The molecule has 24 heavy (non-hydrogen) atoms. The van der Waals surface area contributed by atoms with Crippen LogP contribution in [-0.4, -0.2) is 12.5 Å². The number of hydrogen-bond donors (Lipinski definition) is 2. The topological polar surface area (TPSA) is 41.1 Å². The van der Waals surface area contributed by atoms with E-state index in [1.54, 1.807) is 12.1 Å². The second-order valence-corrected chi connectivity index (χ2v) is 7.03. The molecule has 3 nitrogen and oxygen atoms in total. The number of carbonyl (C=O) groups excluding carboxylic acids is 1. The molecule has 0 bridgehead atoms. The molecule has 128 valence electrons. The fourth-order valence-corrected chi connectivity index (χ4v) is 2.37. The highest BCUT2D eigenvalue weighted by molar-refractivity contribution is 5.92. The van der Waals surface area contributed by atoms with Gasteiger partial charge in [-0.05, 0) is 47.7 Å². The SMILES string of the molecule is C[C@@H](NCC(=O)Nc1ccc(C(C)(C)C)cc1)c1ccc(F)cc1. The Kier molecular flexibility index (Phi) is 5.73. The Balaban J connectivity index is 1.86. The minimum atomic E-state index is -0.262. The third kappa shape index (κ3) is 5.17. The van der Waals surface area contributed by atoms with E-state index >= 15 is 0 Å². The molecule has 2 N–H and O–H groups in total. The van der Waals surface area contributed by atoms with Crippen molar-refractivity contribution < 1.29 is 9.18 Å². The smallest absolute Gasteiger partial charge is 0.238 e. The van der Waals surface area contributed by atoms with Crippen LogP contribution in [0.15, 0.2) is 48.5 Å². The van der Waals surface area contributed by atoms with Crippen molar-refractivity contribution in [3.8, 4) is 0 Å². The van der Waals surface area contributed by atoms with E-state index in [-0.39, 0.29) is 29.7 Å². The van der Waals surface area contributed by atoms with E-state index in [1.165, 1.54) is 17.7 Å². The summed E-state index contributed by atoms with van der Waals surface area (Å²) in [6.45, 7) is 8.60. The minimum absolute atomic E-state index is 0.0281. The fourth-order valence-electron chi connectivity index (χ4n) is 2.37. The van der Waals surface area contributed by atoms with Crippen molar-refractivity contribution in [3.05, 3.63) is 65.5 Å². The Morgan fingerprint density at radius 1 is 1.04 bits per heavy atom. The average molecular weight is 328 g/mol. The van der Waals surface area contributed by atoms with Gasteiger partial charge in [0.2, 0.25) is 5.91 Å². The maximum Gasteiger partial charge on any atom is 0.238 e. The molecule has 0 aliphatic rings. The van der Waals surface area contributed by atoms with Crippen molar-refractivity contribution in [2.45, 2.75) is 39.2 Å². The van der Waals surface area contributed by atoms with Gasteiger partial charge in [-0.3, -0.25) is 4.79 Å². The predicted octanol–water partition coefficient (Wildman–Crippen LogP) is 4.41. The highest BCUT2D eigenvalue weighted by Gasteiger charge is 2.13. The zero-order valence-corrected chi connectivity index (χ0v) is 14.7. The first-order chi connectivity index (χ1) is 11.3. The molecule has 2 aromatic carbocycles. The number of amides is 1. The Bertz CT molecular complexity index is 672. The Hall–Kier alpha value is -2.20. The molecule has 2 rings (SSSR count). The standard InChI is InChI=1S/C20H25FN2O/c1-14(15-5-9-17(21)10-6-15)22-13-19(24)23-18-11-7-16(8-12-18)20(2,3)4/h5-12,14,22H,13H2,1-4H3,(H,23,24)/t14-/m1/s1. The van der Waals surface area contributed by atoms with Crippen LogP contribution in [0, 0.1) is 5.82 Å². The molecule has 1 atom stereocenters. The normalized spacial score (nSPS) is 12.7. The van der Waals surface area contributed by atoms with Crippen LogP contribution < -0.4 is 10.6 Å². The van der Waals surface area contributed by atoms with Crippen LogP contribution >= 0.6 is 0 Å². The molecule has 2 aromatic rings. The van der Waals surface area contributed by atoms with Crippen LogP contribution in [0.5, 0.6) is 0 Å². The number of benzene rings is 2. The summed E-state index contributed by atoms with van der Waals surface area (Å²) in [4.78, 5) is 12.1. The molecule has 0 aliphatic heterocycles. The molecule has 0 unspecified atom stereocenters. The first-order valence-corrected chi connectivity index (χ1v) is 8.15. The summed E-state index contributed by atoms with van der Waals surface area (Å²) in [5.74, 6) is -0.366. The first-order valence-electron chi connectivity index (χ1n) is 8.15. The largest absolute Gasteiger partial charge is 0.325 e. The number of nitrogens with one attached hydrogen (secondary N) is 2. The van der Waals surface area contributed by atoms with Crippen LogP contribution in [0.3, 0.4) is 0 Å². The van der Waals surface area contributed by atoms with Crippen molar-refractivity contribution in [1.29, 1.82) is 0 Å². The monoisotopic (exact) mass is 328 g/mol. The third-order valence-corrected chi connectivity index (χ3v) is 3.97. The number of halogens is 1. The molecule has 0 aliphatic carbocycles. The highest BCUT2D eigenvalue weighted by Crippen LogP contribution is 2.23. The van der Waals surface area contributed by atoms with Gasteiger partial charge in [0.1, 0.15) is 5.82 Å². The summed E-state index contributed by atoms with van der Waals surface area (Å²) in [5, 5.41) is 6.01. The lowest BCUT2D eigenvalue weighted by Gasteiger charge is -2.19. The van der Waals surface area contributed by atoms with E-state index in [0.29, 0.717) is 0 Å². The molecule has 1 amide bonds. The van der Waals surface area contributed by atoms with E-state index in [9.17, 15) is 9.18 Å². The zero-order valence-electron chi connectivity index (χ0n) is 14.7. The van der Waals surface area contributed by atoms with Crippen LogP contribution in [0.25, 0.3) is 0 Å². The van der Waals surface area contributed by atoms with Crippen LogP contribution in [0.4, 0.5) is 10.1 Å². The van der Waals surface area contributed by atoms with Gasteiger partial charge in [0.15, 0.2) is 0 Å².